The van der Waals surface area contributed by atoms with Crippen molar-refractivity contribution in [3.8, 4) is 0 Å². The maximum atomic E-state index is 12.6. The maximum Gasteiger partial charge on any atom is 0.347 e. The molecule has 0 aromatic rings. The summed E-state index contributed by atoms with van der Waals surface area (Å²) in [6.45, 7) is 3.57. The summed E-state index contributed by atoms with van der Waals surface area (Å²) in [5.41, 5.74) is -0.0498. The van der Waals surface area contributed by atoms with E-state index in [-0.39, 0.29) is 37.3 Å². The minimum Gasteiger partial charge on any atom is -0.466 e. The molecule has 0 aromatic heterocycles. The third-order valence-corrected chi connectivity index (χ3v) is 6.09. The van der Waals surface area contributed by atoms with Crippen LogP contribution in [0.2, 0.25) is 0 Å². The van der Waals surface area contributed by atoms with E-state index in [4.69, 9.17) is 4.74 Å². The van der Waals surface area contributed by atoms with E-state index in [2.05, 4.69) is 4.99 Å². The second-order valence-electron chi connectivity index (χ2n) is 5.40. The maximum absolute atomic E-state index is 12.6. The molecule has 0 saturated carbocycles. The van der Waals surface area contributed by atoms with Gasteiger partial charge < -0.3 is 4.74 Å². The van der Waals surface area contributed by atoms with Crippen molar-refractivity contribution in [1.82, 2.24) is 9.62 Å². The van der Waals surface area contributed by atoms with Gasteiger partial charge in [-0.1, -0.05) is 0 Å². The van der Waals surface area contributed by atoms with Crippen LogP contribution in [-0.4, -0.2) is 61.3 Å². The molecule has 2 heterocycles. The van der Waals surface area contributed by atoms with Crippen LogP contribution in [-0.2, 0) is 24.3 Å². The lowest BCUT2D eigenvalue weighted by molar-refractivity contribution is -0.149. The highest BCUT2D eigenvalue weighted by Gasteiger charge is 2.44. The monoisotopic (exact) mass is 345 g/mol. The summed E-state index contributed by atoms with van der Waals surface area (Å²) in [6.07, 6.45) is 0.670. The largest absolute Gasteiger partial charge is 0.466 e. The molecule has 0 aliphatic carbocycles. The fourth-order valence-corrected chi connectivity index (χ4v) is 4.54. The highest BCUT2D eigenvalue weighted by Crippen LogP contribution is 2.24. The first-order chi connectivity index (χ1) is 10.8. The number of hydrogen-bond acceptors (Lipinski definition) is 6. The third-order valence-electron chi connectivity index (χ3n) is 3.86. The molecule has 1 saturated heterocycles. The first-order valence-electron chi connectivity index (χ1n) is 7.33. The highest BCUT2D eigenvalue weighted by atomic mass is 32.2. The average Bonchev–Trinajstić information content (AvgIpc) is 2.46. The fraction of sp³-hybridized carbons (Fsp3) is 0.692. The van der Waals surface area contributed by atoms with Crippen LogP contribution < -0.4 is 5.32 Å². The van der Waals surface area contributed by atoms with Crippen molar-refractivity contribution in [3.63, 3.8) is 0 Å². The number of urea groups is 1. The number of esters is 1. The van der Waals surface area contributed by atoms with E-state index in [1.807, 2.05) is 5.32 Å². The minimum absolute atomic E-state index is 0.0498. The molecular weight excluding hydrogens is 326 g/mol. The molecule has 1 unspecified atom stereocenters. The number of imide groups is 1. The third kappa shape index (κ3) is 3.58. The Morgan fingerprint density at radius 3 is 2.48 bits per heavy atom. The van der Waals surface area contributed by atoms with Gasteiger partial charge in [-0.25, -0.2) is 22.5 Å². The predicted molar refractivity (Wildman–Crippen MR) is 80.3 cm³/mol. The van der Waals surface area contributed by atoms with E-state index < -0.39 is 27.2 Å². The molecule has 1 N–H and O–H groups in total. The van der Waals surface area contributed by atoms with E-state index in [0.717, 1.165) is 0 Å². The summed E-state index contributed by atoms with van der Waals surface area (Å²) in [5, 5.41) is 0.403. The van der Waals surface area contributed by atoms with Crippen LogP contribution in [0.5, 0.6) is 0 Å². The van der Waals surface area contributed by atoms with Crippen molar-refractivity contribution < 1.29 is 27.5 Å². The highest BCUT2D eigenvalue weighted by molar-refractivity contribution is 7.91. The van der Waals surface area contributed by atoms with Gasteiger partial charge in [-0.15, -0.1) is 0 Å². The number of sulfonamides is 1. The fourth-order valence-electron chi connectivity index (χ4n) is 2.71. The number of carbonyl (C=O) groups excluding carboxylic acids is 3. The van der Waals surface area contributed by atoms with Gasteiger partial charge in [0.05, 0.1) is 12.5 Å². The normalized spacial score (nSPS) is 24.1. The minimum atomic E-state index is -3.98. The molecule has 128 valence electrons. The predicted octanol–water partition coefficient (Wildman–Crippen LogP) is -0.329. The Balaban J connectivity index is 2.10. The van der Waals surface area contributed by atoms with Crippen LogP contribution in [0.25, 0.3) is 0 Å². The van der Waals surface area contributed by atoms with E-state index in [0.29, 0.717) is 12.8 Å². The number of ether oxygens (including phenoxy) is 1. The van der Waals surface area contributed by atoms with Gasteiger partial charge in [0.15, 0.2) is 5.25 Å². The zero-order valence-corrected chi connectivity index (χ0v) is 13.8. The Bertz CT molecular complexity index is 649. The quantitative estimate of drug-likeness (QED) is 0.696. The summed E-state index contributed by atoms with van der Waals surface area (Å²) in [4.78, 5) is 38.2. The molecule has 9 nitrogen and oxygen atoms in total. The zero-order chi connectivity index (χ0) is 17.2. The van der Waals surface area contributed by atoms with Crippen LogP contribution >= 0.6 is 0 Å². The SMILES string of the molecule is CCOC(=O)C1CCN(S(=O)(=O)C2C(=O)NC(=O)N=C2C)CC1. The van der Waals surface area contributed by atoms with E-state index in [9.17, 15) is 22.8 Å². The second kappa shape index (κ2) is 6.75. The molecule has 1 fully saturated rings. The van der Waals surface area contributed by atoms with E-state index in [1.54, 1.807) is 6.92 Å². The van der Waals surface area contributed by atoms with E-state index in [1.165, 1.54) is 11.2 Å². The van der Waals surface area contributed by atoms with Crippen molar-refractivity contribution in [3.05, 3.63) is 0 Å². The molecule has 2 aliphatic heterocycles. The first-order valence-corrected chi connectivity index (χ1v) is 8.83. The lowest BCUT2D eigenvalue weighted by atomic mass is 9.98. The number of hydrogen-bond donors (Lipinski definition) is 1. The molecule has 0 spiro atoms. The molecular formula is C13H19N3O6S. The number of aliphatic imine (C=N–C) groups is 1. The lowest BCUT2D eigenvalue weighted by Gasteiger charge is -2.33. The molecule has 0 bridgehead atoms. The number of piperidine rings is 1. The van der Waals surface area contributed by atoms with Gasteiger partial charge in [0.2, 0.25) is 10.0 Å². The van der Waals surface area contributed by atoms with Gasteiger partial charge >= 0.3 is 12.0 Å². The molecule has 0 aromatic carbocycles. The van der Waals surface area contributed by atoms with Gasteiger partial charge in [0, 0.05) is 18.8 Å². The summed E-state index contributed by atoms with van der Waals surface area (Å²) >= 11 is 0. The summed E-state index contributed by atoms with van der Waals surface area (Å²) in [6, 6.07) is -0.861. The van der Waals surface area contributed by atoms with Gasteiger partial charge in [-0.3, -0.25) is 14.9 Å². The van der Waals surface area contributed by atoms with Crippen LogP contribution in [0, 0.1) is 5.92 Å². The average molecular weight is 345 g/mol. The number of nitrogens with one attached hydrogen (secondary N) is 1. The number of nitrogens with zero attached hydrogens (tertiary/aromatic N) is 2. The van der Waals surface area contributed by atoms with Crippen molar-refractivity contribution in [2.24, 2.45) is 10.9 Å². The van der Waals surface area contributed by atoms with Crippen LogP contribution in [0.3, 0.4) is 0 Å². The molecule has 10 heteroatoms. The Kier molecular flexibility index (Phi) is 5.15. The Morgan fingerprint density at radius 1 is 1.35 bits per heavy atom. The molecule has 2 rings (SSSR count). The van der Waals surface area contributed by atoms with Crippen LogP contribution in [0.1, 0.15) is 26.7 Å². The number of carbonyl (C=O) groups is 3. The van der Waals surface area contributed by atoms with Gasteiger partial charge in [0.1, 0.15) is 0 Å². The molecule has 3 amide bonds. The lowest BCUT2D eigenvalue weighted by Crippen LogP contribution is -2.55. The Hall–Kier alpha value is -1.81. The van der Waals surface area contributed by atoms with Crippen molar-refractivity contribution in [2.45, 2.75) is 31.9 Å². The van der Waals surface area contributed by atoms with E-state index >= 15 is 0 Å². The zero-order valence-electron chi connectivity index (χ0n) is 12.9. The van der Waals surface area contributed by atoms with Gasteiger partial charge in [-0.05, 0) is 26.7 Å². The topological polar surface area (TPSA) is 122 Å². The van der Waals surface area contributed by atoms with Gasteiger partial charge in [-0.2, -0.15) is 0 Å². The van der Waals surface area contributed by atoms with Crippen molar-refractivity contribution in [1.29, 1.82) is 0 Å². The van der Waals surface area contributed by atoms with Crippen molar-refractivity contribution >= 4 is 33.6 Å². The van der Waals surface area contributed by atoms with Crippen LogP contribution in [0.15, 0.2) is 4.99 Å². The van der Waals surface area contributed by atoms with Gasteiger partial charge in [0.25, 0.3) is 5.91 Å². The molecule has 0 radical (unpaired) electrons. The Morgan fingerprint density at radius 2 is 1.96 bits per heavy atom. The number of amides is 3. The molecule has 23 heavy (non-hydrogen) atoms. The smallest absolute Gasteiger partial charge is 0.347 e. The Labute approximate surface area is 134 Å². The standard InChI is InChI=1S/C13H19N3O6S/c1-3-22-12(18)9-4-6-16(7-5-9)23(20,21)10-8(2)14-13(19)15-11(10)17/h9-10H,3-7H2,1-2H3,(H,15,17,19). The van der Waals surface area contributed by atoms with Crippen molar-refractivity contribution in [2.75, 3.05) is 19.7 Å². The van der Waals surface area contributed by atoms with Crippen LogP contribution in [0.4, 0.5) is 4.79 Å². The molecule has 1 atom stereocenters. The summed E-state index contributed by atoms with van der Waals surface area (Å²) in [5.74, 6) is -1.56. The second-order valence-corrected chi connectivity index (χ2v) is 7.42. The summed E-state index contributed by atoms with van der Waals surface area (Å²) < 4.78 is 31.4. The molecule has 2 aliphatic rings. The number of rotatable bonds is 4. The summed E-state index contributed by atoms with van der Waals surface area (Å²) in [7, 11) is -3.98. The first kappa shape index (κ1) is 17.5.